The molecule has 2 fully saturated rings. The first-order chi connectivity index (χ1) is 19.9. The minimum Gasteiger partial charge on any atom is -0.481 e. The topological polar surface area (TPSA) is 99.6 Å². The Morgan fingerprint density at radius 1 is 1.10 bits per heavy atom. The molecule has 224 valence electrons. The molecule has 0 radical (unpaired) electrons. The molecule has 1 aliphatic carbocycles. The van der Waals surface area contributed by atoms with Crippen molar-refractivity contribution in [3.05, 3.63) is 88.7 Å². The van der Waals surface area contributed by atoms with E-state index in [4.69, 9.17) is 5.11 Å². The number of carbonyl (C=O) groups is 3. The minimum atomic E-state index is -1.23. The number of benzene rings is 2. The summed E-state index contributed by atoms with van der Waals surface area (Å²) in [6.07, 6.45) is 3.07. The molecule has 3 aromatic rings. The summed E-state index contributed by atoms with van der Waals surface area (Å²) < 4.78 is 28.3. The quantitative estimate of drug-likeness (QED) is 0.318. The molecule has 1 aliphatic heterocycles. The Morgan fingerprint density at radius 3 is 2.24 bits per heavy atom. The van der Waals surface area contributed by atoms with Crippen molar-refractivity contribution in [1.82, 2.24) is 15.2 Å². The molecule has 0 bridgehead atoms. The van der Waals surface area contributed by atoms with Crippen molar-refractivity contribution >= 4 is 18.3 Å². The van der Waals surface area contributed by atoms with Crippen molar-refractivity contribution in [3.63, 3.8) is 0 Å². The Hall–Kier alpha value is -4.14. The van der Waals surface area contributed by atoms with Crippen molar-refractivity contribution in [2.45, 2.75) is 54.0 Å². The first kappa shape index (κ1) is 32.4. The van der Waals surface area contributed by atoms with Crippen molar-refractivity contribution in [2.75, 3.05) is 13.1 Å². The number of hydrogen-bond donors (Lipinski definition) is 2. The normalized spacial score (nSPS) is 18.3. The van der Waals surface area contributed by atoms with E-state index < -0.39 is 30.1 Å². The van der Waals surface area contributed by atoms with E-state index in [2.05, 4.69) is 24.1 Å². The first-order valence-corrected chi connectivity index (χ1v) is 14.1. The molecule has 1 aromatic heterocycles. The number of piperidine rings is 1. The van der Waals surface area contributed by atoms with E-state index in [1.165, 1.54) is 6.07 Å². The third-order valence-corrected chi connectivity index (χ3v) is 8.17. The standard InChI is InChI=1S/C18H17F2NO3.C13H16N2O.C2H6/c1-10-4-3-5-11(2)17(10)12-6-13(18(20)14(19)7-12)15(21-9-22)8-16(23)24;1-13(2)10-7-15(8-11(10)13)12(16)9-4-3-5-14-6-9;1-2/h3-7,9,15H,8H2,1-2H3,(H,21,22)(H,23,24);3-6,10-11H,7-8H2,1-2H3;1-2H3. The number of halogens is 2. The molecule has 2 aliphatic rings. The number of rotatable bonds is 7. The Labute approximate surface area is 246 Å². The van der Waals surface area contributed by atoms with E-state index in [0.717, 1.165) is 35.8 Å². The number of carboxylic acid groups (broad SMARTS) is 1. The van der Waals surface area contributed by atoms with Crippen LogP contribution in [-0.4, -0.2) is 46.4 Å². The lowest BCUT2D eigenvalue weighted by Gasteiger charge is -2.21. The molecular formula is C33H39F2N3O4. The summed E-state index contributed by atoms with van der Waals surface area (Å²) in [7, 11) is 0. The van der Waals surface area contributed by atoms with Gasteiger partial charge in [0.1, 0.15) is 0 Å². The molecule has 2 amide bonds. The van der Waals surface area contributed by atoms with Crippen LogP contribution in [0.25, 0.3) is 11.1 Å². The second-order valence-corrected chi connectivity index (χ2v) is 11.0. The van der Waals surface area contributed by atoms with Crippen LogP contribution in [0.4, 0.5) is 8.78 Å². The second-order valence-electron chi connectivity index (χ2n) is 11.0. The fourth-order valence-electron chi connectivity index (χ4n) is 5.76. The van der Waals surface area contributed by atoms with Gasteiger partial charge in [-0.05, 0) is 77.6 Å². The molecule has 7 nitrogen and oxygen atoms in total. The zero-order valence-electron chi connectivity index (χ0n) is 24.9. The van der Waals surface area contributed by atoms with E-state index in [1.807, 2.05) is 62.9 Å². The summed E-state index contributed by atoms with van der Waals surface area (Å²) in [5.41, 5.74) is 3.92. The van der Waals surface area contributed by atoms with Crippen LogP contribution in [0.3, 0.4) is 0 Å². The maximum absolute atomic E-state index is 14.2. The van der Waals surface area contributed by atoms with Crippen molar-refractivity contribution in [2.24, 2.45) is 17.3 Å². The van der Waals surface area contributed by atoms with Gasteiger partial charge in [-0.1, -0.05) is 45.9 Å². The predicted molar refractivity (Wildman–Crippen MR) is 158 cm³/mol. The first-order valence-electron chi connectivity index (χ1n) is 14.1. The molecule has 5 rings (SSSR count). The summed E-state index contributed by atoms with van der Waals surface area (Å²) in [5.74, 6) is -1.91. The Morgan fingerprint density at radius 2 is 1.71 bits per heavy atom. The highest BCUT2D eigenvalue weighted by Crippen LogP contribution is 2.62. The SMILES string of the molecule is CC.CC1(C)C2CN(C(=O)c3cccnc3)CC21.Cc1cccc(C)c1-c1cc(F)c(F)c(C(CC(=O)O)NC=O)c1. The van der Waals surface area contributed by atoms with Gasteiger partial charge in [0.25, 0.3) is 5.91 Å². The van der Waals surface area contributed by atoms with Crippen LogP contribution < -0.4 is 5.32 Å². The number of nitrogens with one attached hydrogen (secondary N) is 1. The van der Waals surface area contributed by atoms with Crippen LogP contribution in [0.15, 0.2) is 54.9 Å². The van der Waals surface area contributed by atoms with Crippen LogP contribution in [0.2, 0.25) is 0 Å². The van der Waals surface area contributed by atoms with Crippen LogP contribution in [-0.2, 0) is 9.59 Å². The second kappa shape index (κ2) is 13.7. The molecule has 2 N–H and O–H groups in total. The number of nitrogens with zero attached hydrogens (tertiary/aromatic N) is 2. The van der Waals surface area contributed by atoms with E-state index in [1.54, 1.807) is 12.4 Å². The van der Waals surface area contributed by atoms with Crippen LogP contribution >= 0.6 is 0 Å². The van der Waals surface area contributed by atoms with E-state index in [-0.39, 0.29) is 17.9 Å². The Balaban J connectivity index is 0.000000232. The van der Waals surface area contributed by atoms with Gasteiger partial charge in [-0.15, -0.1) is 0 Å². The summed E-state index contributed by atoms with van der Waals surface area (Å²) in [6, 6.07) is 10.5. The van der Waals surface area contributed by atoms with Crippen LogP contribution in [0, 0.1) is 42.7 Å². The lowest BCUT2D eigenvalue weighted by molar-refractivity contribution is -0.137. The van der Waals surface area contributed by atoms with Gasteiger partial charge in [0, 0.05) is 31.0 Å². The largest absolute Gasteiger partial charge is 0.481 e. The molecule has 0 spiro atoms. The van der Waals surface area contributed by atoms with Gasteiger partial charge in [-0.3, -0.25) is 19.4 Å². The number of likely N-dealkylation sites (tertiary alicyclic amines) is 1. The van der Waals surface area contributed by atoms with Crippen molar-refractivity contribution in [1.29, 1.82) is 0 Å². The minimum absolute atomic E-state index is 0.135. The van der Waals surface area contributed by atoms with Gasteiger partial charge in [0.2, 0.25) is 6.41 Å². The smallest absolute Gasteiger partial charge is 0.305 e. The summed E-state index contributed by atoms with van der Waals surface area (Å²) >= 11 is 0. The lowest BCUT2D eigenvalue weighted by atomic mass is 9.92. The van der Waals surface area contributed by atoms with Crippen LogP contribution in [0.5, 0.6) is 0 Å². The van der Waals surface area contributed by atoms with Crippen molar-refractivity contribution in [3.8, 4) is 11.1 Å². The molecule has 1 saturated heterocycles. The van der Waals surface area contributed by atoms with Gasteiger partial charge in [-0.25, -0.2) is 8.78 Å². The van der Waals surface area contributed by atoms with Crippen LogP contribution in [0.1, 0.15) is 67.2 Å². The summed E-state index contributed by atoms with van der Waals surface area (Å²) in [4.78, 5) is 39.7. The maximum atomic E-state index is 14.2. The molecule has 3 unspecified atom stereocenters. The van der Waals surface area contributed by atoms with Crippen molar-refractivity contribution < 1.29 is 28.3 Å². The zero-order chi connectivity index (χ0) is 31.2. The molecular weight excluding hydrogens is 540 g/mol. The number of amides is 2. The van der Waals surface area contributed by atoms with Gasteiger partial charge >= 0.3 is 5.97 Å². The number of aryl methyl sites for hydroxylation is 2. The average Bonchev–Trinajstić information content (AvgIpc) is 3.27. The molecule has 1 saturated carbocycles. The fraction of sp³-hybridized carbons (Fsp3) is 0.394. The molecule has 42 heavy (non-hydrogen) atoms. The van der Waals surface area contributed by atoms with Gasteiger partial charge < -0.3 is 15.3 Å². The average molecular weight is 580 g/mol. The van der Waals surface area contributed by atoms with E-state index in [0.29, 0.717) is 28.4 Å². The number of fused-ring (bicyclic) bond motifs is 1. The number of aromatic nitrogens is 1. The molecule has 9 heteroatoms. The molecule has 2 aromatic carbocycles. The number of carboxylic acids is 1. The predicted octanol–water partition coefficient (Wildman–Crippen LogP) is 6.35. The maximum Gasteiger partial charge on any atom is 0.305 e. The van der Waals surface area contributed by atoms with Gasteiger partial charge in [0.05, 0.1) is 18.0 Å². The third-order valence-electron chi connectivity index (χ3n) is 8.17. The number of hydrogen-bond acceptors (Lipinski definition) is 4. The van der Waals surface area contributed by atoms with Gasteiger partial charge in [0.15, 0.2) is 11.6 Å². The highest BCUT2D eigenvalue weighted by Gasteiger charge is 2.62. The lowest BCUT2D eigenvalue weighted by Crippen LogP contribution is -2.32. The number of aliphatic carboxylic acids is 1. The monoisotopic (exact) mass is 579 g/mol. The highest BCUT2D eigenvalue weighted by molar-refractivity contribution is 5.94. The fourth-order valence-corrected chi connectivity index (χ4v) is 5.76. The van der Waals surface area contributed by atoms with E-state index in [9.17, 15) is 23.2 Å². The zero-order valence-corrected chi connectivity index (χ0v) is 24.9. The molecule has 3 atom stereocenters. The van der Waals surface area contributed by atoms with E-state index >= 15 is 0 Å². The molecule has 2 heterocycles. The summed E-state index contributed by atoms with van der Waals surface area (Å²) in [5, 5.41) is 11.2. The summed E-state index contributed by atoms with van der Waals surface area (Å²) in [6.45, 7) is 14.1. The third kappa shape index (κ3) is 7.01. The number of pyridine rings is 1. The Bertz CT molecular complexity index is 1390. The highest BCUT2D eigenvalue weighted by atomic mass is 19.2. The van der Waals surface area contributed by atoms with Gasteiger partial charge in [-0.2, -0.15) is 0 Å². The Kier molecular flexibility index (Phi) is 10.5. The number of carbonyl (C=O) groups excluding carboxylic acids is 2.